The maximum absolute atomic E-state index is 12.5. The average Bonchev–Trinajstić information content (AvgIpc) is 3.17. The number of rotatable bonds is 4. The van der Waals surface area contributed by atoms with E-state index in [1.54, 1.807) is 48.7 Å². The lowest BCUT2D eigenvalue weighted by Crippen LogP contribution is -2.20. The summed E-state index contributed by atoms with van der Waals surface area (Å²) < 4.78 is 21.7. The van der Waals surface area contributed by atoms with E-state index in [2.05, 4.69) is 15.6 Å². The number of benzene rings is 2. The summed E-state index contributed by atoms with van der Waals surface area (Å²) in [6.07, 6.45) is 1.57. The van der Waals surface area contributed by atoms with Gasteiger partial charge in [0, 0.05) is 18.0 Å². The van der Waals surface area contributed by atoms with Crippen molar-refractivity contribution in [2.45, 2.75) is 0 Å². The van der Waals surface area contributed by atoms with Crippen molar-refractivity contribution in [1.29, 1.82) is 0 Å². The van der Waals surface area contributed by atoms with Crippen LogP contribution in [-0.2, 0) is 4.79 Å². The molecule has 1 aromatic heterocycles. The number of nitrogens with one attached hydrogen (secondary N) is 2. The molecule has 0 unspecified atom stereocenters. The van der Waals surface area contributed by atoms with Crippen LogP contribution in [0, 0.1) is 0 Å². The van der Waals surface area contributed by atoms with E-state index < -0.39 is 0 Å². The lowest BCUT2D eigenvalue weighted by Gasteiger charge is -2.10. The molecule has 2 amide bonds. The number of aromatic nitrogens is 1. The molecule has 2 aliphatic rings. The van der Waals surface area contributed by atoms with Crippen LogP contribution in [-0.4, -0.2) is 30.2 Å². The normalized spacial score (nSPS) is 13.3. The van der Waals surface area contributed by atoms with Gasteiger partial charge in [0.1, 0.15) is 17.2 Å². The number of amides is 2. The highest BCUT2D eigenvalue weighted by Crippen LogP contribution is 2.36. The van der Waals surface area contributed by atoms with Gasteiger partial charge in [-0.05, 0) is 42.5 Å². The van der Waals surface area contributed by atoms with E-state index >= 15 is 0 Å². The maximum atomic E-state index is 12.5. The average molecular weight is 405 g/mol. The van der Waals surface area contributed by atoms with E-state index in [9.17, 15) is 9.59 Å². The fourth-order valence-electron chi connectivity index (χ4n) is 3.05. The summed E-state index contributed by atoms with van der Waals surface area (Å²) in [5.74, 6) is 1.60. The SMILES string of the molecule is O=C(COc1ccc2c(c1)OCO2)Nc1ccc2c(c1)C(=O)Nc1cccnc1O2. The number of fused-ring (bicyclic) bond motifs is 3. The van der Waals surface area contributed by atoms with Gasteiger partial charge in [0.25, 0.3) is 11.8 Å². The van der Waals surface area contributed by atoms with Crippen LogP contribution in [0.1, 0.15) is 10.4 Å². The van der Waals surface area contributed by atoms with Gasteiger partial charge in [-0.25, -0.2) is 4.98 Å². The Morgan fingerprint density at radius 2 is 1.97 bits per heavy atom. The predicted molar refractivity (Wildman–Crippen MR) is 105 cm³/mol. The van der Waals surface area contributed by atoms with Crippen LogP contribution in [0.2, 0.25) is 0 Å². The molecule has 0 atom stereocenters. The molecule has 0 bridgehead atoms. The third kappa shape index (κ3) is 3.44. The first-order valence-corrected chi connectivity index (χ1v) is 9.06. The molecule has 9 nitrogen and oxygen atoms in total. The summed E-state index contributed by atoms with van der Waals surface area (Å²) in [7, 11) is 0. The maximum Gasteiger partial charge on any atom is 0.262 e. The number of pyridine rings is 1. The zero-order valence-electron chi connectivity index (χ0n) is 15.5. The monoisotopic (exact) mass is 405 g/mol. The third-order valence-electron chi connectivity index (χ3n) is 4.45. The molecule has 9 heteroatoms. The topological polar surface area (TPSA) is 108 Å². The van der Waals surface area contributed by atoms with Crippen LogP contribution in [0.3, 0.4) is 0 Å². The summed E-state index contributed by atoms with van der Waals surface area (Å²) in [6.45, 7) is -0.0508. The van der Waals surface area contributed by atoms with Gasteiger partial charge in [-0.15, -0.1) is 0 Å². The molecule has 0 saturated heterocycles. The van der Waals surface area contributed by atoms with Crippen molar-refractivity contribution in [1.82, 2.24) is 4.98 Å². The molecule has 3 aromatic rings. The van der Waals surface area contributed by atoms with Crippen molar-refractivity contribution in [3.63, 3.8) is 0 Å². The largest absolute Gasteiger partial charge is 0.484 e. The second-order valence-electron chi connectivity index (χ2n) is 6.48. The van der Waals surface area contributed by atoms with Gasteiger partial charge < -0.3 is 29.6 Å². The summed E-state index contributed by atoms with van der Waals surface area (Å²) >= 11 is 0. The number of ether oxygens (including phenoxy) is 4. The van der Waals surface area contributed by atoms with Crippen molar-refractivity contribution in [2.24, 2.45) is 0 Å². The van der Waals surface area contributed by atoms with Crippen molar-refractivity contribution >= 4 is 23.2 Å². The van der Waals surface area contributed by atoms with Crippen molar-refractivity contribution in [3.05, 3.63) is 60.3 Å². The Labute approximate surface area is 170 Å². The second kappa shape index (κ2) is 7.28. The minimum absolute atomic E-state index is 0.163. The quantitative estimate of drug-likeness (QED) is 0.686. The van der Waals surface area contributed by atoms with E-state index in [0.29, 0.717) is 40.3 Å². The zero-order chi connectivity index (χ0) is 20.5. The summed E-state index contributed by atoms with van der Waals surface area (Å²) in [6, 6.07) is 13.2. The van der Waals surface area contributed by atoms with Crippen molar-refractivity contribution in [2.75, 3.05) is 24.0 Å². The minimum Gasteiger partial charge on any atom is -0.484 e. The zero-order valence-corrected chi connectivity index (χ0v) is 15.5. The van der Waals surface area contributed by atoms with Crippen molar-refractivity contribution < 1.29 is 28.5 Å². The molecular formula is C21H15N3O6. The molecule has 2 N–H and O–H groups in total. The Morgan fingerprint density at radius 1 is 1.10 bits per heavy atom. The number of carbonyl (C=O) groups excluding carboxylic acids is 2. The standard InChI is InChI=1S/C21H15N3O6/c25-19(10-27-13-4-6-17-18(9-13)29-11-28-17)23-12-3-5-16-14(8-12)20(26)24-15-2-1-7-22-21(15)30-16/h1-9H,10-11H2,(H,23,25)(H,24,26). The highest BCUT2D eigenvalue weighted by Gasteiger charge is 2.22. The van der Waals surface area contributed by atoms with Gasteiger partial charge in [0.15, 0.2) is 18.1 Å². The van der Waals surface area contributed by atoms with E-state index in [4.69, 9.17) is 18.9 Å². The number of hydrogen-bond acceptors (Lipinski definition) is 7. The number of anilines is 2. The number of hydrogen-bond donors (Lipinski definition) is 2. The van der Waals surface area contributed by atoms with E-state index in [1.807, 2.05) is 0 Å². The molecule has 5 rings (SSSR count). The van der Waals surface area contributed by atoms with Crippen LogP contribution < -0.4 is 29.6 Å². The first kappa shape index (κ1) is 17.8. The minimum atomic E-state index is -0.382. The van der Waals surface area contributed by atoms with Crippen LogP contribution in [0.4, 0.5) is 11.4 Å². The molecule has 0 aliphatic carbocycles. The van der Waals surface area contributed by atoms with Gasteiger partial charge in [0.2, 0.25) is 12.7 Å². The fraction of sp³-hybridized carbons (Fsp3) is 0.0952. The lowest BCUT2D eigenvalue weighted by atomic mass is 10.1. The molecule has 0 fully saturated rings. The molecule has 150 valence electrons. The highest BCUT2D eigenvalue weighted by molar-refractivity contribution is 6.08. The lowest BCUT2D eigenvalue weighted by molar-refractivity contribution is -0.118. The highest BCUT2D eigenvalue weighted by atomic mass is 16.7. The van der Waals surface area contributed by atoms with Gasteiger partial charge in [0.05, 0.1) is 5.56 Å². The molecular weight excluding hydrogens is 390 g/mol. The van der Waals surface area contributed by atoms with Gasteiger partial charge in [-0.1, -0.05) is 0 Å². The number of carbonyl (C=O) groups is 2. The number of nitrogens with zero attached hydrogens (tertiary/aromatic N) is 1. The van der Waals surface area contributed by atoms with E-state index in [0.717, 1.165) is 0 Å². The predicted octanol–water partition coefficient (Wildman–Crippen LogP) is 3.19. The van der Waals surface area contributed by atoms with E-state index in [-0.39, 0.29) is 30.8 Å². The van der Waals surface area contributed by atoms with Crippen molar-refractivity contribution in [3.8, 4) is 28.9 Å². The van der Waals surface area contributed by atoms with Crippen LogP contribution in [0.5, 0.6) is 28.9 Å². The summed E-state index contributed by atoms with van der Waals surface area (Å²) in [5, 5.41) is 5.45. The second-order valence-corrected chi connectivity index (χ2v) is 6.48. The van der Waals surface area contributed by atoms with E-state index in [1.165, 1.54) is 6.07 Å². The summed E-state index contributed by atoms with van der Waals surface area (Å²) in [4.78, 5) is 28.9. The molecule has 3 heterocycles. The summed E-state index contributed by atoms with van der Waals surface area (Å²) in [5.41, 5.74) is 1.19. The third-order valence-corrected chi connectivity index (χ3v) is 4.45. The van der Waals surface area contributed by atoms with Gasteiger partial charge >= 0.3 is 0 Å². The Bertz CT molecular complexity index is 1160. The molecule has 0 saturated carbocycles. The fourth-order valence-corrected chi connectivity index (χ4v) is 3.05. The van der Waals surface area contributed by atoms with Crippen LogP contribution >= 0.6 is 0 Å². The van der Waals surface area contributed by atoms with Crippen LogP contribution in [0.15, 0.2) is 54.7 Å². The Balaban J connectivity index is 1.26. The van der Waals surface area contributed by atoms with Gasteiger partial charge in [-0.3, -0.25) is 9.59 Å². The Morgan fingerprint density at radius 3 is 2.90 bits per heavy atom. The molecule has 30 heavy (non-hydrogen) atoms. The Hall–Kier alpha value is -4.27. The van der Waals surface area contributed by atoms with Crippen LogP contribution in [0.25, 0.3) is 0 Å². The van der Waals surface area contributed by atoms with Gasteiger partial charge in [-0.2, -0.15) is 0 Å². The molecule has 2 aromatic carbocycles. The molecule has 0 spiro atoms. The first-order chi connectivity index (χ1) is 14.7. The smallest absolute Gasteiger partial charge is 0.262 e. The molecule has 2 aliphatic heterocycles. The first-order valence-electron chi connectivity index (χ1n) is 9.06. The molecule has 0 radical (unpaired) electrons. The Kier molecular flexibility index (Phi) is 4.32.